The summed E-state index contributed by atoms with van der Waals surface area (Å²) in [6.45, 7) is 0.845. The Morgan fingerprint density at radius 2 is 1.85 bits per heavy atom. The largest absolute Gasteiger partial charge is 0.490 e. The third-order valence-electron chi connectivity index (χ3n) is 4.06. The predicted octanol–water partition coefficient (Wildman–Crippen LogP) is 3.03. The molecule has 26 heavy (non-hydrogen) atoms. The number of benzene rings is 2. The summed E-state index contributed by atoms with van der Waals surface area (Å²) in [5.74, 6) is -1.13. The van der Waals surface area contributed by atoms with E-state index in [4.69, 9.17) is 9.47 Å². The minimum absolute atomic E-state index is 0.241. The van der Waals surface area contributed by atoms with Crippen molar-refractivity contribution >= 4 is 0 Å². The molecule has 0 saturated heterocycles. The van der Waals surface area contributed by atoms with E-state index in [1.807, 2.05) is 0 Å². The summed E-state index contributed by atoms with van der Waals surface area (Å²) in [5.41, 5.74) is 0.995. The zero-order chi connectivity index (χ0) is 18.1. The average Bonchev–Trinajstić information content (AvgIpc) is 3.05. The fourth-order valence-electron chi connectivity index (χ4n) is 2.75. The van der Waals surface area contributed by atoms with E-state index in [0.717, 1.165) is 17.7 Å². The summed E-state index contributed by atoms with van der Waals surface area (Å²) in [4.78, 5) is 15.0. The van der Waals surface area contributed by atoms with E-state index in [9.17, 15) is 13.6 Å². The summed E-state index contributed by atoms with van der Waals surface area (Å²) in [6.07, 6.45) is 1.40. The SMILES string of the molecule is O=c1ccn2c(n1)O[C@H](COc1ccc(-c3ccc(F)c(F)c3)cc1)C2. The molecule has 1 aliphatic rings. The maximum Gasteiger partial charge on any atom is 0.300 e. The molecule has 0 spiro atoms. The Morgan fingerprint density at radius 3 is 2.62 bits per heavy atom. The van der Waals surface area contributed by atoms with Crippen molar-refractivity contribution in [2.45, 2.75) is 12.6 Å². The standard InChI is InChI=1S/C19H14F2N2O3/c20-16-6-3-13(9-17(16)21)12-1-4-14(5-2-12)25-11-15-10-23-8-7-18(24)22-19(23)26-15/h1-9,15H,10-11H2/t15-/m0/s1. The number of nitrogens with zero attached hydrogens (tertiary/aromatic N) is 2. The molecule has 3 aromatic rings. The first-order chi connectivity index (χ1) is 12.6. The van der Waals surface area contributed by atoms with Gasteiger partial charge in [-0.05, 0) is 35.4 Å². The minimum Gasteiger partial charge on any atom is -0.490 e. The van der Waals surface area contributed by atoms with Crippen LogP contribution < -0.4 is 15.0 Å². The molecule has 1 aliphatic heterocycles. The molecule has 0 radical (unpaired) electrons. The van der Waals surface area contributed by atoms with Crippen LogP contribution in [-0.2, 0) is 6.54 Å². The van der Waals surface area contributed by atoms with Gasteiger partial charge in [-0.25, -0.2) is 8.78 Å². The molecule has 4 rings (SSSR count). The van der Waals surface area contributed by atoms with Gasteiger partial charge in [-0.15, -0.1) is 0 Å². The van der Waals surface area contributed by atoms with Crippen LogP contribution in [0.25, 0.3) is 11.1 Å². The van der Waals surface area contributed by atoms with Gasteiger partial charge in [0.05, 0.1) is 6.54 Å². The second kappa shape index (κ2) is 6.59. The van der Waals surface area contributed by atoms with Crippen molar-refractivity contribution < 1.29 is 18.3 Å². The molecule has 0 N–H and O–H groups in total. The van der Waals surface area contributed by atoms with Crippen LogP contribution in [0.5, 0.6) is 11.8 Å². The quantitative estimate of drug-likeness (QED) is 0.721. The van der Waals surface area contributed by atoms with Crippen LogP contribution in [0.3, 0.4) is 0 Å². The van der Waals surface area contributed by atoms with E-state index < -0.39 is 11.6 Å². The van der Waals surface area contributed by atoms with Gasteiger partial charge >= 0.3 is 0 Å². The maximum absolute atomic E-state index is 13.3. The fraction of sp³-hybridized carbons (Fsp3) is 0.158. The van der Waals surface area contributed by atoms with Gasteiger partial charge in [0.2, 0.25) is 0 Å². The molecule has 0 aliphatic carbocycles. The molecular weight excluding hydrogens is 342 g/mol. The molecular formula is C19H14F2N2O3. The summed E-state index contributed by atoms with van der Waals surface area (Å²) in [7, 11) is 0. The second-order valence-electron chi connectivity index (χ2n) is 5.90. The Morgan fingerprint density at radius 1 is 1.08 bits per heavy atom. The maximum atomic E-state index is 13.3. The monoisotopic (exact) mass is 356 g/mol. The van der Waals surface area contributed by atoms with E-state index in [2.05, 4.69) is 4.98 Å². The Kier molecular flexibility index (Phi) is 4.12. The van der Waals surface area contributed by atoms with Crippen LogP contribution in [0.15, 0.2) is 59.5 Å². The van der Waals surface area contributed by atoms with E-state index >= 15 is 0 Å². The van der Waals surface area contributed by atoms with Crippen molar-refractivity contribution in [2.75, 3.05) is 6.61 Å². The molecule has 0 unspecified atom stereocenters. The smallest absolute Gasteiger partial charge is 0.300 e. The summed E-state index contributed by atoms with van der Waals surface area (Å²) in [5, 5.41) is 0. The van der Waals surface area contributed by atoms with Crippen LogP contribution in [0.1, 0.15) is 0 Å². The third-order valence-corrected chi connectivity index (χ3v) is 4.06. The average molecular weight is 356 g/mol. The van der Waals surface area contributed by atoms with Gasteiger partial charge < -0.3 is 9.47 Å². The van der Waals surface area contributed by atoms with Gasteiger partial charge in [-0.3, -0.25) is 9.36 Å². The molecule has 2 aromatic carbocycles. The van der Waals surface area contributed by atoms with Gasteiger partial charge in [-0.2, -0.15) is 4.98 Å². The molecule has 0 bridgehead atoms. The zero-order valence-corrected chi connectivity index (χ0v) is 13.6. The lowest BCUT2D eigenvalue weighted by molar-refractivity contribution is 0.143. The topological polar surface area (TPSA) is 53.4 Å². The molecule has 5 nitrogen and oxygen atoms in total. The van der Waals surface area contributed by atoms with Crippen molar-refractivity contribution in [3.63, 3.8) is 0 Å². The Labute approximate surface area is 147 Å². The van der Waals surface area contributed by atoms with Gasteiger partial charge in [0.15, 0.2) is 17.7 Å². The predicted molar refractivity (Wildman–Crippen MR) is 90.2 cm³/mol. The highest BCUT2D eigenvalue weighted by Crippen LogP contribution is 2.24. The number of aromatic nitrogens is 2. The Balaban J connectivity index is 1.39. The highest BCUT2D eigenvalue weighted by molar-refractivity contribution is 5.64. The van der Waals surface area contributed by atoms with Crippen molar-refractivity contribution in [1.82, 2.24) is 9.55 Å². The molecule has 0 fully saturated rings. The first-order valence-electron chi connectivity index (χ1n) is 8.01. The van der Waals surface area contributed by atoms with Crippen molar-refractivity contribution in [1.29, 1.82) is 0 Å². The summed E-state index contributed by atoms with van der Waals surface area (Å²) < 4.78 is 39.4. The number of hydrogen-bond acceptors (Lipinski definition) is 4. The zero-order valence-electron chi connectivity index (χ0n) is 13.6. The minimum atomic E-state index is -0.881. The normalized spacial score (nSPS) is 15.4. The molecule has 132 valence electrons. The van der Waals surface area contributed by atoms with Crippen molar-refractivity contribution in [3.05, 3.63) is 76.7 Å². The van der Waals surface area contributed by atoms with Crippen LogP contribution in [0.4, 0.5) is 8.78 Å². The first kappa shape index (κ1) is 16.3. The third kappa shape index (κ3) is 3.28. The lowest BCUT2D eigenvalue weighted by Crippen LogP contribution is -2.23. The van der Waals surface area contributed by atoms with E-state index in [0.29, 0.717) is 30.5 Å². The van der Waals surface area contributed by atoms with Crippen molar-refractivity contribution in [3.8, 4) is 22.9 Å². The second-order valence-corrected chi connectivity index (χ2v) is 5.90. The Bertz CT molecular complexity index is 1000. The number of hydrogen-bond donors (Lipinski definition) is 0. The summed E-state index contributed by atoms with van der Waals surface area (Å²) >= 11 is 0. The summed E-state index contributed by atoms with van der Waals surface area (Å²) in [6, 6.07) is 12.5. The van der Waals surface area contributed by atoms with E-state index in [1.54, 1.807) is 35.0 Å². The van der Waals surface area contributed by atoms with Crippen LogP contribution >= 0.6 is 0 Å². The highest BCUT2D eigenvalue weighted by atomic mass is 19.2. The van der Waals surface area contributed by atoms with Gasteiger partial charge in [-0.1, -0.05) is 18.2 Å². The lowest BCUT2D eigenvalue weighted by Gasteiger charge is -2.11. The molecule has 7 heteroatoms. The van der Waals surface area contributed by atoms with Gasteiger partial charge in [0.1, 0.15) is 12.4 Å². The Hall–Kier alpha value is -3.22. The molecule has 1 atom stereocenters. The van der Waals surface area contributed by atoms with Gasteiger partial charge in [0.25, 0.3) is 11.6 Å². The van der Waals surface area contributed by atoms with Crippen molar-refractivity contribution in [2.24, 2.45) is 0 Å². The van der Waals surface area contributed by atoms with Crippen LogP contribution in [-0.4, -0.2) is 22.3 Å². The highest BCUT2D eigenvalue weighted by Gasteiger charge is 2.23. The number of rotatable bonds is 4. The van der Waals surface area contributed by atoms with E-state index in [-0.39, 0.29) is 11.7 Å². The lowest BCUT2D eigenvalue weighted by atomic mass is 10.1. The molecule has 1 aromatic heterocycles. The van der Waals surface area contributed by atoms with Crippen LogP contribution in [0.2, 0.25) is 0 Å². The molecule has 2 heterocycles. The number of ether oxygens (including phenoxy) is 2. The van der Waals surface area contributed by atoms with Gasteiger partial charge in [0, 0.05) is 12.3 Å². The molecule has 0 amide bonds. The van der Waals surface area contributed by atoms with Crippen LogP contribution in [0, 0.1) is 11.6 Å². The number of fused-ring (bicyclic) bond motifs is 1. The number of halogens is 2. The fourth-order valence-corrected chi connectivity index (χ4v) is 2.75. The van der Waals surface area contributed by atoms with E-state index in [1.165, 1.54) is 12.1 Å². The first-order valence-corrected chi connectivity index (χ1v) is 8.01. The molecule has 0 saturated carbocycles.